The van der Waals surface area contributed by atoms with Gasteiger partial charge in [-0.1, -0.05) is 60.7 Å². The van der Waals surface area contributed by atoms with Gasteiger partial charge in [0.05, 0.1) is 23.8 Å². The van der Waals surface area contributed by atoms with Gasteiger partial charge in [-0.3, -0.25) is 9.59 Å². The molecule has 1 saturated heterocycles. The van der Waals surface area contributed by atoms with Crippen molar-refractivity contribution in [3.63, 3.8) is 0 Å². The highest BCUT2D eigenvalue weighted by Crippen LogP contribution is 2.48. The number of pyridine rings is 1. The van der Waals surface area contributed by atoms with Gasteiger partial charge in [0.1, 0.15) is 24.3 Å². The molecule has 2 aliphatic rings. The lowest BCUT2D eigenvalue weighted by atomic mass is 9.97. The fraction of sp³-hybridized carbons (Fsp3) is 0.345. The first kappa shape index (κ1) is 25.1. The van der Waals surface area contributed by atoms with Crippen LogP contribution in [-0.4, -0.2) is 55.5 Å². The summed E-state index contributed by atoms with van der Waals surface area (Å²) >= 11 is 0. The Hall–Kier alpha value is -4.21. The molecule has 3 heterocycles. The van der Waals surface area contributed by atoms with Crippen LogP contribution in [0, 0.1) is 5.95 Å². The molecule has 6 rings (SSSR count). The normalized spacial score (nSPS) is 20.6. The highest BCUT2D eigenvalue weighted by Gasteiger charge is 2.43. The van der Waals surface area contributed by atoms with Crippen molar-refractivity contribution in [1.29, 1.82) is 0 Å². The van der Waals surface area contributed by atoms with Gasteiger partial charge in [-0.05, 0) is 42.0 Å². The van der Waals surface area contributed by atoms with Crippen LogP contribution in [0.5, 0.6) is 0 Å². The number of aromatic nitrogens is 4. The standard InChI is InChI=1S/C29H28F2N6O2/c1-29(13-14-29)20-11-12-22(32-27(20)31)26(18-7-3-2-4-8-18)33-28(39)24-15-19(30)16-36(24)25(38)17-37-23-10-6-5-9-21(23)34-35-37/h2-12,19,24,26H,13-17H2,1H3,(H,33,39). The van der Waals surface area contributed by atoms with Crippen LogP contribution in [0.1, 0.15) is 49.0 Å². The highest BCUT2D eigenvalue weighted by molar-refractivity contribution is 5.89. The number of carbonyl (C=O) groups excluding carboxylic acids is 2. The number of hydrogen-bond donors (Lipinski definition) is 1. The number of likely N-dealkylation sites (tertiary alicyclic amines) is 1. The zero-order chi connectivity index (χ0) is 27.1. The van der Waals surface area contributed by atoms with Gasteiger partial charge in [0.25, 0.3) is 0 Å². The summed E-state index contributed by atoms with van der Waals surface area (Å²) in [6.07, 6.45) is 0.339. The second kappa shape index (κ2) is 9.83. The van der Waals surface area contributed by atoms with Crippen LogP contribution in [0.25, 0.3) is 11.0 Å². The molecule has 1 aliphatic carbocycles. The van der Waals surface area contributed by atoms with Crippen molar-refractivity contribution in [2.75, 3.05) is 6.54 Å². The molecule has 1 N–H and O–H groups in total. The summed E-state index contributed by atoms with van der Waals surface area (Å²) in [7, 11) is 0. The number of rotatable bonds is 7. The van der Waals surface area contributed by atoms with E-state index in [4.69, 9.17) is 0 Å². The molecule has 3 unspecified atom stereocenters. The van der Waals surface area contributed by atoms with Gasteiger partial charge in [0.15, 0.2) is 0 Å². The summed E-state index contributed by atoms with van der Waals surface area (Å²) in [5.41, 5.74) is 2.71. The fourth-order valence-electron chi connectivity index (χ4n) is 5.29. The van der Waals surface area contributed by atoms with E-state index in [9.17, 15) is 14.0 Å². The van der Waals surface area contributed by atoms with Crippen LogP contribution in [0.2, 0.25) is 0 Å². The van der Waals surface area contributed by atoms with Crippen LogP contribution in [0.3, 0.4) is 0 Å². The molecule has 200 valence electrons. The number of benzene rings is 2. The maximum Gasteiger partial charge on any atom is 0.245 e. The Morgan fingerprint density at radius 2 is 1.82 bits per heavy atom. The quantitative estimate of drug-likeness (QED) is 0.367. The summed E-state index contributed by atoms with van der Waals surface area (Å²) in [5, 5.41) is 11.0. The van der Waals surface area contributed by atoms with Crippen molar-refractivity contribution >= 4 is 22.8 Å². The second-order valence-electron chi connectivity index (χ2n) is 10.6. The number of amides is 2. The Morgan fingerprint density at radius 1 is 1.08 bits per heavy atom. The molecular weight excluding hydrogens is 502 g/mol. The van der Waals surface area contributed by atoms with Crippen molar-refractivity contribution in [3.05, 3.63) is 89.5 Å². The molecule has 39 heavy (non-hydrogen) atoms. The average molecular weight is 531 g/mol. The molecule has 10 heteroatoms. The Kier molecular flexibility index (Phi) is 6.32. The first-order valence-electron chi connectivity index (χ1n) is 13.1. The van der Waals surface area contributed by atoms with Crippen LogP contribution >= 0.6 is 0 Å². The van der Waals surface area contributed by atoms with E-state index < -0.39 is 36.0 Å². The monoisotopic (exact) mass is 530 g/mol. The fourth-order valence-corrected chi connectivity index (χ4v) is 5.29. The van der Waals surface area contributed by atoms with E-state index in [0.29, 0.717) is 27.9 Å². The van der Waals surface area contributed by atoms with Gasteiger partial charge in [-0.15, -0.1) is 5.10 Å². The molecule has 1 saturated carbocycles. The summed E-state index contributed by atoms with van der Waals surface area (Å²) in [5.74, 6) is -1.51. The average Bonchev–Trinajstić information content (AvgIpc) is 3.36. The number of carbonyl (C=O) groups is 2. The van der Waals surface area contributed by atoms with E-state index in [2.05, 4.69) is 20.6 Å². The molecule has 0 radical (unpaired) electrons. The Balaban J connectivity index is 1.25. The van der Waals surface area contributed by atoms with Crippen molar-refractivity contribution in [1.82, 2.24) is 30.2 Å². The Labute approximate surface area is 224 Å². The number of nitrogens with zero attached hydrogens (tertiary/aromatic N) is 5. The third kappa shape index (κ3) is 4.86. The van der Waals surface area contributed by atoms with Crippen molar-refractivity contribution in [3.8, 4) is 0 Å². The van der Waals surface area contributed by atoms with Gasteiger partial charge in [0.2, 0.25) is 17.8 Å². The third-order valence-corrected chi connectivity index (χ3v) is 7.81. The number of alkyl halides is 1. The zero-order valence-electron chi connectivity index (χ0n) is 21.4. The van der Waals surface area contributed by atoms with E-state index in [1.54, 1.807) is 24.3 Å². The minimum absolute atomic E-state index is 0.129. The predicted octanol–water partition coefficient (Wildman–Crippen LogP) is 3.86. The van der Waals surface area contributed by atoms with Gasteiger partial charge >= 0.3 is 0 Å². The third-order valence-electron chi connectivity index (χ3n) is 7.81. The molecule has 8 nitrogen and oxygen atoms in total. The lowest BCUT2D eigenvalue weighted by Gasteiger charge is -2.27. The lowest BCUT2D eigenvalue weighted by molar-refractivity contribution is -0.139. The SMILES string of the molecule is CC1(c2ccc(C(NC(=O)C3CC(F)CN3C(=O)Cn3nnc4ccccc43)c3ccccc3)nc2F)CC1. The van der Waals surface area contributed by atoms with Gasteiger partial charge in [-0.25, -0.2) is 14.1 Å². The number of hydrogen-bond acceptors (Lipinski definition) is 5. The number of halogens is 2. The molecule has 1 aliphatic heterocycles. The van der Waals surface area contributed by atoms with Gasteiger partial charge in [0, 0.05) is 12.0 Å². The molecule has 2 fully saturated rings. The molecule has 4 aromatic rings. The molecular formula is C29H28F2N6O2. The van der Waals surface area contributed by atoms with Crippen LogP contribution < -0.4 is 5.32 Å². The zero-order valence-corrected chi connectivity index (χ0v) is 21.4. The van der Waals surface area contributed by atoms with E-state index in [1.807, 2.05) is 49.4 Å². The highest BCUT2D eigenvalue weighted by atomic mass is 19.1. The first-order valence-corrected chi connectivity index (χ1v) is 13.1. The van der Waals surface area contributed by atoms with E-state index >= 15 is 4.39 Å². The topological polar surface area (TPSA) is 93.0 Å². The van der Waals surface area contributed by atoms with Gasteiger partial charge < -0.3 is 10.2 Å². The second-order valence-corrected chi connectivity index (χ2v) is 10.6. The Bertz CT molecular complexity index is 1540. The minimum atomic E-state index is -1.35. The van der Waals surface area contributed by atoms with Crippen LogP contribution in [-0.2, 0) is 21.5 Å². The smallest absolute Gasteiger partial charge is 0.245 e. The molecule has 0 bridgehead atoms. The van der Waals surface area contributed by atoms with Crippen LogP contribution in [0.15, 0.2) is 66.7 Å². The largest absolute Gasteiger partial charge is 0.342 e. The van der Waals surface area contributed by atoms with Crippen molar-refractivity contribution in [2.45, 2.75) is 56.4 Å². The van der Waals surface area contributed by atoms with Crippen molar-refractivity contribution in [2.24, 2.45) is 0 Å². The maximum absolute atomic E-state index is 15.1. The van der Waals surface area contributed by atoms with E-state index in [0.717, 1.165) is 12.8 Å². The van der Waals surface area contributed by atoms with Crippen molar-refractivity contribution < 1.29 is 18.4 Å². The molecule has 0 spiro atoms. The van der Waals surface area contributed by atoms with E-state index in [1.165, 1.54) is 9.58 Å². The maximum atomic E-state index is 15.1. The molecule has 2 amide bonds. The number of para-hydroxylation sites is 1. The predicted molar refractivity (Wildman–Crippen MR) is 140 cm³/mol. The summed E-state index contributed by atoms with van der Waals surface area (Å²) in [4.78, 5) is 32.3. The summed E-state index contributed by atoms with van der Waals surface area (Å²) in [6, 6.07) is 18.0. The molecule has 2 aromatic carbocycles. The summed E-state index contributed by atoms with van der Waals surface area (Å²) in [6.45, 7) is 1.64. The van der Waals surface area contributed by atoms with E-state index in [-0.39, 0.29) is 24.9 Å². The number of fused-ring (bicyclic) bond motifs is 1. The lowest BCUT2D eigenvalue weighted by Crippen LogP contribution is -2.48. The Morgan fingerprint density at radius 3 is 2.56 bits per heavy atom. The number of nitrogens with one attached hydrogen (secondary N) is 1. The minimum Gasteiger partial charge on any atom is -0.342 e. The molecule has 3 atom stereocenters. The first-order chi connectivity index (χ1) is 18.8. The summed E-state index contributed by atoms with van der Waals surface area (Å²) < 4.78 is 31.1. The van der Waals surface area contributed by atoms with Crippen LogP contribution in [0.4, 0.5) is 8.78 Å². The molecule has 2 aromatic heterocycles. The van der Waals surface area contributed by atoms with Gasteiger partial charge in [-0.2, -0.15) is 4.39 Å².